The number of carbonyl (C=O) groups excluding carboxylic acids is 1. The van der Waals surface area contributed by atoms with Crippen molar-refractivity contribution in [1.29, 1.82) is 0 Å². The number of furan rings is 1. The van der Waals surface area contributed by atoms with E-state index in [-0.39, 0.29) is 17.8 Å². The van der Waals surface area contributed by atoms with Gasteiger partial charge in [-0.1, -0.05) is 0 Å². The largest absolute Gasteiger partial charge is 0.465 e. The Morgan fingerprint density at radius 1 is 1.40 bits per heavy atom. The van der Waals surface area contributed by atoms with Crippen LogP contribution in [0.4, 0.5) is 10.1 Å². The van der Waals surface area contributed by atoms with Gasteiger partial charge in [0.1, 0.15) is 11.6 Å². The van der Waals surface area contributed by atoms with Crippen LogP contribution in [0.3, 0.4) is 0 Å². The summed E-state index contributed by atoms with van der Waals surface area (Å²) >= 11 is 6.51. The first-order valence-corrected chi connectivity index (χ1v) is 7.15. The summed E-state index contributed by atoms with van der Waals surface area (Å²) in [6.45, 7) is 0.283. The molecule has 20 heavy (non-hydrogen) atoms. The van der Waals surface area contributed by atoms with Crippen molar-refractivity contribution < 1.29 is 18.3 Å². The lowest BCUT2D eigenvalue weighted by Gasteiger charge is -2.07. The normalized spacial score (nSPS) is 10.4. The lowest BCUT2D eigenvalue weighted by molar-refractivity contribution is 0.0600. The summed E-state index contributed by atoms with van der Waals surface area (Å²) in [5, 5.41) is 2.87. The van der Waals surface area contributed by atoms with Crippen LogP contribution in [0.5, 0.6) is 0 Å². The summed E-state index contributed by atoms with van der Waals surface area (Å²) in [5.41, 5.74) is 0.481. The number of benzene rings is 1. The third kappa shape index (κ3) is 3.40. The molecule has 2 rings (SSSR count). The van der Waals surface area contributed by atoms with Crippen molar-refractivity contribution in [2.75, 3.05) is 12.4 Å². The van der Waals surface area contributed by atoms with Crippen molar-refractivity contribution in [3.63, 3.8) is 0 Å². The predicted octanol–water partition coefficient (Wildman–Crippen LogP) is 4.34. The number of ether oxygens (including phenoxy) is 1. The van der Waals surface area contributed by atoms with Gasteiger partial charge in [-0.05, 0) is 56.1 Å². The fourth-order valence-electron chi connectivity index (χ4n) is 1.57. The second-order valence-electron chi connectivity index (χ2n) is 3.87. The maximum Gasteiger partial charge on any atom is 0.337 e. The topological polar surface area (TPSA) is 51.5 Å². The van der Waals surface area contributed by atoms with E-state index in [1.54, 1.807) is 6.07 Å². The van der Waals surface area contributed by atoms with Gasteiger partial charge in [-0.3, -0.25) is 0 Å². The predicted molar refractivity (Wildman–Crippen MR) is 79.2 cm³/mol. The average molecular weight is 407 g/mol. The van der Waals surface area contributed by atoms with E-state index in [1.165, 1.54) is 25.3 Å². The number of halogens is 3. The number of hydrogen-bond acceptors (Lipinski definition) is 4. The first-order valence-electron chi connectivity index (χ1n) is 5.56. The summed E-state index contributed by atoms with van der Waals surface area (Å²) < 4.78 is 25.0. The minimum absolute atomic E-state index is 0.205. The third-order valence-electron chi connectivity index (χ3n) is 2.54. The van der Waals surface area contributed by atoms with E-state index in [2.05, 4.69) is 41.9 Å². The Bertz CT molecular complexity index is 623. The molecule has 0 atom stereocenters. The standard InChI is InChI=1S/C13H10Br2FNO3/c1-19-13(18)7-2-3-10(16)11(4-7)17-6-8-5-9(14)12(15)20-8/h2-5,17H,6H2,1H3. The van der Waals surface area contributed by atoms with Gasteiger partial charge in [0.25, 0.3) is 0 Å². The fourth-order valence-corrected chi connectivity index (χ4v) is 2.23. The van der Waals surface area contributed by atoms with E-state index >= 15 is 0 Å². The molecule has 0 saturated carbocycles. The Hall–Kier alpha value is -1.34. The van der Waals surface area contributed by atoms with Gasteiger partial charge in [-0.2, -0.15) is 0 Å². The Morgan fingerprint density at radius 3 is 2.75 bits per heavy atom. The van der Waals surface area contributed by atoms with E-state index in [4.69, 9.17) is 4.42 Å². The van der Waals surface area contributed by atoms with Gasteiger partial charge in [0.2, 0.25) is 0 Å². The molecule has 0 unspecified atom stereocenters. The van der Waals surface area contributed by atoms with E-state index in [0.29, 0.717) is 10.4 Å². The summed E-state index contributed by atoms with van der Waals surface area (Å²) in [7, 11) is 1.27. The van der Waals surface area contributed by atoms with E-state index < -0.39 is 11.8 Å². The Balaban J connectivity index is 2.14. The molecule has 0 radical (unpaired) electrons. The zero-order valence-corrected chi connectivity index (χ0v) is 13.5. The van der Waals surface area contributed by atoms with Crippen molar-refractivity contribution in [3.8, 4) is 0 Å². The molecule has 0 aliphatic rings. The minimum atomic E-state index is -0.517. The molecule has 4 nitrogen and oxygen atoms in total. The van der Waals surface area contributed by atoms with E-state index in [0.717, 1.165) is 4.47 Å². The van der Waals surface area contributed by atoms with Crippen LogP contribution >= 0.6 is 31.9 Å². The number of rotatable bonds is 4. The Morgan fingerprint density at radius 2 is 2.15 bits per heavy atom. The summed E-state index contributed by atoms with van der Waals surface area (Å²) in [5.74, 6) is -0.356. The summed E-state index contributed by atoms with van der Waals surface area (Å²) in [4.78, 5) is 11.4. The molecular weight excluding hydrogens is 397 g/mol. The van der Waals surface area contributed by atoms with Gasteiger partial charge in [0, 0.05) is 0 Å². The van der Waals surface area contributed by atoms with Crippen molar-refractivity contribution >= 4 is 43.5 Å². The quantitative estimate of drug-likeness (QED) is 0.767. The van der Waals surface area contributed by atoms with Crippen LogP contribution in [-0.4, -0.2) is 13.1 Å². The number of anilines is 1. The molecule has 1 aromatic heterocycles. The molecule has 2 aromatic rings. The first-order chi connectivity index (χ1) is 9.51. The smallest absolute Gasteiger partial charge is 0.337 e. The second kappa shape index (κ2) is 6.41. The molecular formula is C13H10Br2FNO3. The lowest BCUT2D eigenvalue weighted by atomic mass is 10.2. The molecule has 1 N–H and O–H groups in total. The minimum Gasteiger partial charge on any atom is -0.465 e. The second-order valence-corrected chi connectivity index (χ2v) is 5.45. The van der Waals surface area contributed by atoms with Gasteiger partial charge in [-0.15, -0.1) is 0 Å². The highest BCUT2D eigenvalue weighted by Crippen LogP contribution is 2.27. The van der Waals surface area contributed by atoms with Crippen LogP contribution in [0, 0.1) is 5.82 Å². The number of hydrogen-bond donors (Lipinski definition) is 1. The molecule has 1 heterocycles. The van der Waals surface area contributed by atoms with Gasteiger partial charge >= 0.3 is 5.97 Å². The van der Waals surface area contributed by atoms with Crippen LogP contribution < -0.4 is 5.32 Å². The fraction of sp³-hybridized carbons (Fsp3) is 0.154. The highest BCUT2D eigenvalue weighted by atomic mass is 79.9. The molecule has 0 fully saturated rings. The monoisotopic (exact) mass is 405 g/mol. The summed E-state index contributed by atoms with van der Waals surface area (Å²) in [6.07, 6.45) is 0. The third-order valence-corrected chi connectivity index (χ3v) is 4.25. The van der Waals surface area contributed by atoms with Crippen LogP contribution in [-0.2, 0) is 11.3 Å². The zero-order chi connectivity index (χ0) is 14.7. The summed E-state index contributed by atoms with van der Waals surface area (Å²) in [6, 6.07) is 5.74. The van der Waals surface area contributed by atoms with Gasteiger partial charge in [0.05, 0.1) is 29.4 Å². The van der Waals surface area contributed by atoms with E-state index in [9.17, 15) is 9.18 Å². The maximum atomic E-state index is 13.7. The van der Waals surface area contributed by atoms with Gasteiger partial charge < -0.3 is 14.5 Å². The zero-order valence-electron chi connectivity index (χ0n) is 10.4. The molecule has 0 spiro atoms. The number of carbonyl (C=O) groups is 1. The van der Waals surface area contributed by atoms with Crippen molar-refractivity contribution in [1.82, 2.24) is 0 Å². The van der Waals surface area contributed by atoms with Crippen LogP contribution in [0.1, 0.15) is 16.1 Å². The number of nitrogens with one attached hydrogen (secondary N) is 1. The Labute approximate surface area is 131 Å². The van der Waals surface area contributed by atoms with Gasteiger partial charge in [-0.25, -0.2) is 9.18 Å². The first kappa shape index (κ1) is 15.1. The molecule has 7 heteroatoms. The molecule has 0 bridgehead atoms. The van der Waals surface area contributed by atoms with E-state index in [1.807, 2.05) is 0 Å². The highest BCUT2D eigenvalue weighted by molar-refractivity contribution is 9.13. The van der Waals surface area contributed by atoms with Crippen LogP contribution in [0.2, 0.25) is 0 Å². The van der Waals surface area contributed by atoms with Crippen LogP contribution in [0.25, 0.3) is 0 Å². The molecule has 0 saturated heterocycles. The van der Waals surface area contributed by atoms with Crippen molar-refractivity contribution in [3.05, 3.63) is 50.5 Å². The van der Waals surface area contributed by atoms with Gasteiger partial charge in [0.15, 0.2) is 4.67 Å². The average Bonchev–Trinajstić information content (AvgIpc) is 2.76. The SMILES string of the molecule is COC(=O)c1ccc(F)c(NCc2cc(Br)c(Br)o2)c1. The maximum absolute atomic E-state index is 13.7. The molecule has 0 aliphatic carbocycles. The molecule has 106 valence electrons. The Kier molecular flexibility index (Phi) is 4.82. The van der Waals surface area contributed by atoms with Crippen molar-refractivity contribution in [2.45, 2.75) is 6.54 Å². The lowest BCUT2D eigenvalue weighted by Crippen LogP contribution is -2.05. The van der Waals surface area contributed by atoms with Crippen LogP contribution in [0.15, 0.2) is 37.8 Å². The molecule has 0 amide bonds. The highest BCUT2D eigenvalue weighted by Gasteiger charge is 2.11. The molecule has 1 aromatic carbocycles. The number of methoxy groups -OCH3 is 1. The molecule has 0 aliphatic heterocycles. The van der Waals surface area contributed by atoms with Crippen molar-refractivity contribution in [2.24, 2.45) is 0 Å². The number of esters is 1.